The molecule has 0 saturated carbocycles. The van der Waals surface area contributed by atoms with Crippen molar-refractivity contribution in [1.29, 1.82) is 0 Å². The van der Waals surface area contributed by atoms with Crippen molar-refractivity contribution in [3.63, 3.8) is 0 Å². The molecule has 3 aromatic rings. The Morgan fingerprint density at radius 2 is 1.70 bits per heavy atom. The van der Waals surface area contributed by atoms with E-state index in [1.165, 1.54) is 5.56 Å². The lowest BCUT2D eigenvalue weighted by Crippen LogP contribution is -2.10. The van der Waals surface area contributed by atoms with Gasteiger partial charge in [0, 0.05) is 17.0 Å². The van der Waals surface area contributed by atoms with E-state index in [4.69, 9.17) is 14.2 Å². The number of benzene rings is 3. The first-order chi connectivity index (χ1) is 13.3. The normalized spacial score (nSPS) is 15.3. The van der Waals surface area contributed by atoms with E-state index in [1.54, 1.807) is 7.11 Å². The summed E-state index contributed by atoms with van der Waals surface area (Å²) in [5.74, 6) is 3.56. The molecule has 3 nitrogen and oxygen atoms in total. The Balaban J connectivity index is 1.76. The standard InChI is InChI=1S/C24H22O3/c1-3-26-19-13-11-17(12-14-19)24-16-22(18-7-6-8-20(15-18)25-2)21-9-4-5-10-23(21)27-24/h4-16,22H,3H2,1-2H3. The molecule has 1 heterocycles. The first-order valence-corrected chi connectivity index (χ1v) is 9.14. The molecule has 1 unspecified atom stereocenters. The Hall–Kier alpha value is -3.20. The number of allylic oxidation sites excluding steroid dienone is 1. The van der Waals surface area contributed by atoms with Gasteiger partial charge in [0.2, 0.25) is 0 Å². The van der Waals surface area contributed by atoms with Crippen LogP contribution in [0.2, 0.25) is 0 Å². The summed E-state index contributed by atoms with van der Waals surface area (Å²) < 4.78 is 17.2. The minimum absolute atomic E-state index is 0.103. The Kier molecular flexibility index (Phi) is 4.84. The lowest BCUT2D eigenvalue weighted by atomic mass is 9.87. The molecular formula is C24H22O3. The quantitative estimate of drug-likeness (QED) is 0.589. The van der Waals surface area contributed by atoms with Gasteiger partial charge >= 0.3 is 0 Å². The predicted molar refractivity (Wildman–Crippen MR) is 107 cm³/mol. The molecule has 0 aromatic heterocycles. The van der Waals surface area contributed by atoms with Gasteiger partial charge in [0.15, 0.2) is 0 Å². The van der Waals surface area contributed by atoms with Crippen LogP contribution in [0.3, 0.4) is 0 Å². The summed E-state index contributed by atoms with van der Waals surface area (Å²) in [7, 11) is 1.69. The highest BCUT2D eigenvalue weighted by molar-refractivity contribution is 5.68. The van der Waals surface area contributed by atoms with Crippen molar-refractivity contribution >= 4 is 5.76 Å². The van der Waals surface area contributed by atoms with Crippen molar-refractivity contribution in [2.24, 2.45) is 0 Å². The van der Waals surface area contributed by atoms with Gasteiger partial charge in [-0.1, -0.05) is 30.3 Å². The van der Waals surface area contributed by atoms with Crippen LogP contribution in [0.4, 0.5) is 0 Å². The summed E-state index contributed by atoms with van der Waals surface area (Å²) >= 11 is 0. The van der Waals surface area contributed by atoms with Crippen molar-refractivity contribution in [2.45, 2.75) is 12.8 Å². The summed E-state index contributed by atoms with van der Waals surface area (Å²) in [5, 5.41) is 0. The molecule has 27 heavy (non-hydrogen) atoms. The Morgan fingerprint density at radius 3 is 2.48 bits per heavy atom. The number of hydrogen-bond donors (Lipinski definition) is 0. The molecule has 0 aliphatic carbocycles. The van der Waals surface area contributed by atoms with Gasteiger partial charge in [0.05, 0.1) is 13.7 Å². The SMILES string of the molecule is CCOc1ccc(C2=CC(c3cccc(OC)c3)c3ccccc3O2)cc1. The Bertz CT molecular complexity index is 957. The van der Waals surface area contributed by atoms with E-state index in [0.717, 1.165) is 34.1 Å². The average molecular weight is 358 g/mol. The van der Waals surface area contributed by atoms with Gasteiger partial charge in [-0.05, 0) is 61.0 Å². The van der Waals surface area contributed by atoms with Crippen LogP contribution in [0.5, 0.6) is 17.2 Å². The van der Waals surface area contributed by atoms with Crippen LogP contribution in [-0.2, 0) is 0 Å². The van der Waals surface area contributed by atoms with E-state index in [9.17, 15) is 0 Å². The van der Waals surface area contributed by atoms with Crippen LogP contribution in [0.1, 0.15) is 29.5 Å². The van der Waals surface area contributed by atoms with E-state index in [2.05, 4.69) is 24.3 Å². The van der Waals surface area contributed by atoms with E-state index >= 15 is 0 Å². The maximum Gasteiger partial charge on any atom is 0.131 e. The van der Waals surface area contributed by atoms with Crippen LogP contribution < -0.4 is 14.2 Å². The maximum absolute atomic E-state index is 6.22. The molecule has 1 atom stereocenters. The summed E-state index contributed by atoms with van der Waals surface area (Å²) in [6.45, 7) is 2.64. The van der Waals surface area contributed by atoms with Gasteiger partial charge in [-0.3, -0.25) is 0 Å². The fraction of sp³-hybridized carbons (Fsp3) is 0.167. The van der Waals surface area contributed by atoms with Crippen molar-refractivity contribution in [2.75, 3.05) is 13.7 Å². The van der Waals surface area contributed by atoms with Crippen molar-refractivity contribution in [1.82, 2.24) is 0 Å². The fourth-order valence-electron chi connectivity index (χ4n) is 3.37. The zero-order valence-electron chi connectivity index (χ0n) is 15.5. The number of hydrogen-bond acceptors (Lipinski definition) is 3. The first kappa shape index (κ1) is 17.2. The summed E-state index contributed by atoms with van der Waals surface area (Å²) in [6.07, 6.45) is 2.17. The molecule has 0 radical (unpaired) electrons. The van der Waals surface area contributed by atoms with E-state index < -0.39 is 0 Å². The number of methoxy groups -OCH3 is 1. The molecule has 4 rings (SSSR count). The monoisotopic (exact) mass is 358 g/mol. The molecule has 3 aromatic carbocycles. The van der Waals surface area contributed by atoms with Crippen LogP contribution in [-0.4, -0.2) is 13.7 Å². The van der Waals surface area contributed by atoms with Gasteiger partial charge in [-0.15, -0.1) is 0 Å². The third-order valence-electron chi connectivity index (χ3n) is 4.69. The highest BCUT2D eigenvalue weighted by Crippen LogP contribution is 2.41. The maximum atomic E-state index is 6.22. The summed E-state index contributed by atoms with van der Waals surface area (Å²) in [6, 6.07) is 24.4. The van der Waals surface area contributed by atoms with Crippen molar-refractivity contribution in [3.8, 4) is 17.2 Å². The number of ether oxygens (including phenoxy) is 3. The molecule has 0 fully saturated rings. The topological polar surface area (TPSA) is 27.7 Å². The second kappa shape index (κ2) is 7.58. The van der Waals surface area contributed by atoms with Crippen LogP contribution >= 0.6 is 0 Å². The summed E-state index contributed by atoms with van der Waals surface area (Å²) in [5.41, 5.74) is 3.36. The van der Waals surface area contributed by atoms with Crippen molar-refractivity contribution < 1.29 is 14.2 Å². The van der Waals surface area contributed by atoms with Gasteiger partial charge in [0.25, 0.3) is 0 Å². The van der Waals surface area contributed by atoms with Crippen LogP contribution in [0.15, 0.2) is 78.9 Å². The second-order valence-corrected chi connectivity index (χ2v) is 6.38. The first-order valence-electron chi connectivity index (χ1n) is 9.14. The Morgan fingerprint density at radius 1 is 0.889 bits per heavy atom. The molecule has 0 saturated heterocycles. The molecule has 0 bridgehead atoms. The number of fused-ring (bicyclic) bond motifs is 1. The highest BCUT2D eigenvalue weighted by atomic mass is 16.5. The van der Waals surface area contributed by atoms with Gasteiger partial charge < -0.3 is 14.2 Å². The predicted octanol–water partition coefficient (Wildman–Crippen LogP) is 5.66. The van der Waals surface area contributed by atoms with Gasteiger partial charge in [-0.2, -0.15) is 0 Å². The third-order valence-corrected chi connectivity index (χ3v) is 4.69. The average Bonchev–Trinajstić information content (AvgIpc) is 2.74. The van der Waals surface area contributed by atoms with Gasteiger partial charge in [-0.25, -0.2) is 0 Å². The summed E-state index contributed by atoms with van der Waals surface area (Å²) in [4.78, 5) is 0. The smallest absolute Gasteiger partial charge is 0.131 e. The highest BCUT2D eigenvalue weighted by Gasteiger charge is 2.24. The zero-order valence-corrected chi connectivity index (χ0v) is 15.5. The van der Waals surface area contributed by atoms with Crippen molar-refractivity contribution in [3.05, 3.63) is 95.6 Å². The van der Waals surface area contributed by atoms with Crippen LogP contribution in [0.25, 0.3) is 5.76 Å². The second-order valence-electron chi connectivity index (χ2n) is 6.38. The molecule has 136 valence electrons. The lowest BCUT2D eigenvalue weighted by Gasteiger charge is -2.25. The fourth-order valence-corrected chi connectivity index (χ4v) is 3.37. The molecule has 3 heteroatoms. The molecule has 0 amide bonds. The largest absolute Gasteiger partial charge is 0.497 e. The molecule has 0 N–H and O–H groups in total. The molecular weight excluding hydrogens is 336 g/mol. The van der Waals surface area contributed by atoms with Crippen LogP contribution in [0, 0.1) is 0 Å². The zero-order chi connectivity index (χ0) is 18.6. The Labute approximate surface area is 159 Å². The van der Waals surface area contributed by atoms with E-state index in [0.29, 0.717) is 6.61 Å². The van der Waals surface area contributed by atoms with E-state index in [-0.39, 0.29) is 5.92 Å². The van der Waals surface area contributed by atoms with E-state index in [1.807, 2.05) is 61.5 Å². The minimum Gasteiger partial charge on any atom is -0.497 e. The third kappa shape index (κ3) is 3.54. The van der Waals surface area contributed by atoms with Gasteiger partial charge in [0.1, 0.15) is 23.0 Å². The molecule has 1 aliphatic rings. The minimum atomic E-state index is 0.103. The molecule has 1 aliphatic heterocycles. The lowest BCUT2D eigenvalue weighted by molar-refractivity contribution is 0.340. The number of para-hydroxylation sites is 1. The number of rotatable bonds is 5. The molecule has 0 spiro atoms.